The molecule has 0 aliphatic carbocycles. The molecule has 0 fully saturated rings. The van der Waals surface area contributed by atoms with Gasteiger partial charge in [-0.3, -0.25) is 0 Å². The van der Waals surface area contributed by atoms with Crippen molar-refractivity contribution in [3.05, 3.63) is 52.5 Å². The third-order valence-electron chi connectivity index (χ3n) is 3.04. The lowest BCUT2D eigenvalue weighted by Gasteiger charge is -2.14. The lowest BCUT2D eigenvalue weighted by atomic mass is 10.2. The van der Waals surface area contributed by atoms with Crippen molar-refractivity contribution in [2.45, 2.75) is 13.2 Å². The topological polar surface area (TPSA) is 47.9 Å². The molecular weight excluding hydrogens is 292 g/mol. The summed E-state index contributed by atoms with van der Waals surface area (Å²) in [5.41, 5.74) is 1.59. The van der Waals surface area contributed by atoms with Gasteiger partial charge < -0.3 is 19.3 Å². The average molecular weight is 309 g/mol. The van der Waals surface area contributed by atoms with Crippen LogP contribution in [0.2, 0.25) is 5.02 Å². The molecule has 1 N–H and O–H groups in total. The quantitative estimate of drug-likeness (QED) is 0.888. The Kier molecular flexibility index (Phi) is 5.31. The first-order valence-corrected chi connectivity index (χ1v) is 6.78. The zero-order valence-electron chi connectivity index (χ0n) is 11.9. The van der Waals surface area contributed by atoms with Gasteiger partial charge in [0.15, 0.2) is 11.5 Å². The standard InChI is InChI=1S/C16H17ClO4/c1-19-14-6-4-13(17)8-12(14)10-21-16-7-11(9-18)3-5-15(16)20-2/h3-8,18H,9-10H2,1-2H3. The van der Waals surface area contributed by atoms with E-state index >= 15 is 0 Å². The molecule has 2 aromatic rings. The summed E-state index contributed by atoms with van der Waals surface area (Å²) < 4.78 is 16.3. The molecule has 2 rings (SSSR count). The number of ether oxygens (including phenoxy) is 3. The highest BCUT2D eigenvalue weighted by Crippen LogP contribution is 2.30. The van der Waals surface area contributed by atoms with Gasteiger partial charge in [-0.2, -0.15) is 0 Å². The Labute approximate surface area is 128 Å². The number of rotatable bonds is 6. The minimum absolute atomic E-state index is 0.0547. The van der Waals surface area contributed by atoms with E-state index in [1.807, 2.05) is 0 Å². The zero-order valence-corrected chi connectivity index (χ0v) is 12.7. The van der Waals surface area contributed by atoms with Crippen LogP contribution in [0.4, 0.5) is 0 Å². The first-order valence-electron chi connectivity index (χ1n) is 6.41. The average Bonchev–Trinajstić information content (AvgIpc) is 2.52. The molecule has 0 atom stereocenters. The van der Waals surface area contributed by atoms with E-state index in [-0.39, 0.29) is 13.2 Å². The van der Waals surface area contributed by atoms with Gasteiger partial charge >= 0.3 is 0 Å². The van der Waals surface area contributed by atoms with Crippen molar-refractivity contribution < 1.29 is 19.3 Å². The molecule has 4 nitrogen and oxygen atoms in total. The fourth-order valence-electron chi connectivity index (χ4n) is 1.95. The van der Waals surface area contributed by atoms with Crippen LogP contribution in [0.1, 0.15) is 11.1 Å². The molecule has 0 aromatic heterocycles. The van der Waals surface area contributed by atoms with E-state index in [2.05, 4.69) is 0 Å². The minimum atomic E-state index is -0.0547. The van der Waals surface area contributed by atoms with E-state index in [1.165, 1.54) is 0 Å². The number of hydrogen-bond donors (Lipinski definition) is 1. The van der Waals surface area contributed by atoms with E-state index in [4.69, 9.17) is 25.8 Å². The Morgan fingerprint density at radius 1 is 0.952 bits per heavy atom. The largest absolute Gasteiger partial charge is 0.496 e. The third-order valence-corrected chi connectivity index (χ3v) is 3.27. The van der Waals surface area contributed by atoms with Crippen molar-refractivity contribution >= 4 is 11.6 Å². The first-order chi connectivity index (χ1) is 10.2. The van der Waals surface area contributed by atoms with Crippen LogP contribution in [0.15, 0.2) is 36.4 Å². The molecule has 0 unspecified atom stereocenters. The summed E-state index contributed by atoms with van der Waals surface area (Å²) in [7, 11) is 3.17. The molecule has 5 heteroatoms. The number of aliphatic hydroxyl groups is 1. The highest BCUT2D eigenvalue weighted by Gasteiger charge is 2.09. The lowest BCUT2D eigenvalue weighted by molar-refractivity contribution is 0.269. The Hall–Kier alpha value is -1.91. The first kappa shape index (κ1) is 15.5. The second kappa shape index (κ2) is 7.20. The van der Waals surface area contributed by atoms with Crippen LogP contribution >= 0.6 is 11.6 Å². The van der Waals surface area contributed by atoms with Gasteiger partial charge in [0.05, 0.1) is 20.8 Å². The van der Waals surface area contributed by atoms with E-state index < -0.39 is 0 Å². The van der Waals surface area contributed by atoms with Gasteiger partial charge in [-0.15, -0.1) is 0 Å². The summed E-state index contributed by atoms with van der Waals surface area (Å²) in [5.74, 6) is 1.87. The summed E-state index contributed by atoms with van der Waals surface area (Å²) in [6.45, 7) is 0.232. The maximum atomic E-state index is 9.20. The van der Waals surface area contributed by atoms with Crippen LogP contribution in [-0.4, -0.2) is 19.3 Å². The van der Waals surface area contributed by atoms with Crippen molar-refractivity contribution in [2.75, 3.05) is 14.2 Å². The molecule has 21 heavy (non-hydrogen) atoms. The summed E-state index contributed by atoms with van der Waals surface area (Å²) in [6, 6.07) is 10.6. The normalized spacial score (nSPS) is 10.3. The smallest absolute Gasteiger partial charge is 0.162 e. The fourth-order valence-corrected chi connectivity index (χ4v) is 2.14. The number of benzene rings is 2. The molecule has 0 saturated heterocycles. The molecule has 112 valence electrons. The third kappa shape index (κ3) is 3.80. The Bertz CT molecular complexity index is 613. The predicted octanol–water partition coefficient (Wildman–Crippen LogP) is 3.43. The van der Waals surface area contributed by atoms with Crippen molar-refractivity contribution in [1.29, 1.82) is 0 Å². The van der Waals surface area contributed by atoms with Crippen LogP contribution in [-0.2, 0) is 13.2 Å². The molecular formula is C16H17ClO4. The van der Waals surface area contributed by atoms with Crippen LogP contribution in [0.25, 0.3) is 0 Å². The highest BCUT2D eigenvalue weighted by atomic mass is 35.5. The van der Waals surface area contributed by atoms with Crippen molar-refractivity contribution in [3.63, 3.8) is 0 Å². The molecule has 0 bridgehead atoms. The van der Waals surface area contributed by atoms with Gasteiger partial charge in [0, 0.05) is 10.6 Å². The summed E-state index contributed by atoms with van der Waals surface area (Å²) in [4.78, 5) is 0. The van der Waals surface area contributed by atoms with Crippen LogP contribution in [0, 0.1) is 0 Å². The molecule has 0 radical (unpaired) electrons. The Morgan fingerprint density at radius 3 is 2.33 bits per heavy atom. The second-order valence-electron chi connectivity index (χ2n) is 4.39. The number of halogens is 1. The Balaban J connectivity index is 2.21. The molecule has 0 amide bonds. The Morgan fingerprint density at radius 2 is 1.67 bits per heavy atom. The van der Waals surface area contributed by atoms with Crippen molar-refractivity contribution in [2.24, 2.45) is 0 Å². The van der Waals surface area contributed by atoms with Crippen LogP contribution in [0.3, 0.4) is 0 Å². The molecule has 2 aromatic carbocycles. The molecule has 0 aliphatic rings. The number of hydrogen-bond acceptors (Lipinski definition) is 4. The monoisotopic (exact) mass is 308 g/mol. The summed E-state index contributed by atoms with van der Waals surface area (Å²) in [6.07, 6.45) is 0. The van der Waals surface area contributed by atoms with Gasteiger partial charge in [0.1, 0.15) is 12.4 Å². The van der Waals surface area contributed by atoms with E-state index in [0.717, 1.165) is 11.1 Å². The fraction of sp³-hybridized carbons (Fsp3) is 0.250. The summed E-state index contributed by atoms with van der Waals surface area (Å²) >= 11 is 5.99. The van der Waals surface area contributed by atoms with Crippen LogP contribution in [0.5, 0.6) is 17.2 Å². The maximum absolute atomic E-state index is 9.20. The predicted molar refractivity (Wildman–Crippen MR) is 81.3 cm³/mol. The molecule has 0 saturated carbocycles. The maximum Gasteiger partial charge on any atom is 0.162 e. The minimum Gasteiger partial charge on any atom is -0.496 e. The lowest BCUT2D eigenvalue weighted by Crippen LogP contribution is -2.01. The molecule has 0 heterocycles. The summed E-state index contributed by atoms with van der Waals surface area (Å²) in [5, 5.41) is 9.81. The second-order valence-corrected chi connectivity index (χ2v) is 4.82. The zero-order chi connectivity index (χ0) is 15.2. The number of aliphatic hydroxyl groups excluding tert-OH is 1. The number of methoxy groups -OCH3 is 2. The highest BCUT2D eigenvalue weighted by molar-refractivity contribution is 6.30. The van der Waals surface area contributed by atoms with E-state index in [0.29, 0.717) is 22.3 Å². The van der Waals surface area contributed by atoms with Gasteiger partial charge in [-0.25, -0.2) is 0 Å². The SMILES string of the molecule is COc1ccc(Cl)cc1COc1cc(CO)ccc1OC. The van der Waals surface area contributed by atoms with Crippen molar-refractivity contribution in [1.82, 2.24) is 0 Å². The van der Waals surface area contributed by atoms with Crippen molar-refractivity contribution in [3.8, 4) is 17.2 Å². The van der Waals surface area contributed by atoms with E-state index in [1.54, 1.807) is 50.6 Å². The van der Waals surface area contributed by atoms with Gasteiger partial charge in [0.2, 0.25) is 0 Å². The van der Waals surface area contributed by atoms with Crippen LogP contribution < -0.4 is 14.2 Å². The van der Waals surface area contributed by atoms with Gasteiger partial charge in [-0.05, 0) is 35.9 Å². The molecule has 0 aliphatic heterocycles. The molecule has 0 spiro atoms. The van der Waals surface area contributed by atoms with Gasteiger partial charge in [0.25, 0.3) is 0 Å². The van der Waals surface area contributed by atoms with Gasteiger partial charge in [-0.1, -0.05) is 17.7 Å². The van der Waals surface area contributed by atoms with E-state index in [9.17, 15) is 5.11 Å².